The summed E-state index contributed by atoms with van der Waals surface area (Å²) < 4.78 is 5.02. The second-order valence-corrected chi connectivity index (χ2v) is 3.44. The molecule has 0 unspecified atom stereocenters. The smallest absolute Gasteiger partial charge is 0.322 e. The van der Waals surface area contributed by atoms with Crippen LogP contribution in [-0.2, 0) is 0 Å². The molecule has 15 heavy (non-hydrogen) atoms. The Hall–Kier alpha value is -1.91. The Morgan fingerprint density at radius 3 is 2.87 bits per heavy atom. The zero-order chi connectivity index (χ0) is 10.7. The Morgan fingerprint density at radius 2 is 2.20 bits per heavy atom. The van der Waals surface area contributed by atoms with Crippen molar-refractivity contribution in [1.82, 2.24) is 15.1 Å². The lowest BCUT2D eigenvalue weighted by Gasteiger charge is -2.01. The van der Waals surface area contributed by atoms with E-state index < -0.39 is 0 Å². The first kappa shape index (κ1) is 9.64. The standard InChI is InChI=1S/C10H12N4O/c1-7(2)12-10-13-9(14-15-10)8-5-3-4-6-11-8/h3-7H,1-2H3,(H,12,13,14). The molecule has 0 saturated heterocycles. The lowest BCUT2D eigenvalue weighted by Crippen LogP contribution is -2.09. The third kappa shape index (κ3) is 2.31. The predicted molar refractivity (Wildman–Crippen MR) is 56.3 cm³/mol. The monoisotopic (exact) mass is 204 g/mol. The average Bonchev–Trinajstić information content (AvgIpc) is 2.67. The molecule has 0 radical (unpaired) electrons. The summed E-state index contributed by atoms with van der Waals surface area (Å²) in [4.78, 5) is 8.30. The first-order valence-electron chi connectivity index (χ1n) is 4.77. The van der Waals surface area contributed by atoms with Gasteiger partial charge in [0.15, 0.2) is 0 Å². The third-order valence-corrected chi connectivity index (χ3v) is 1.73. The fraction of sp³-hybridized carbons (Fsp3) is 0.300. The number of aromatic nitrogens is 3. The Balaban J connectivity index is 2.21. The van der Waals surface area contributed by atoms with E-state index in [1.54, 1.807) is 6.20 Å². The second-order valence-electron chi connectivity index (χ2n) is 3.44. The van der Waals surface area contributed by atoms with Crippen LogP contribution in [0.3, 0.4) is 0 Å². The number of nitrogens with zero attached hydrogens (tertiary/aromatic N) is 3. The van der Waals surface area contributed by atoms with E-state index in [9.17, 15) is 0 Å². The van der Waals surface area contributed by atoms with Gasteiger partial charge in [-0.3, -0.25) is 4.98 Å². The summed E-state index contributed by atoms with van der Waals surface area (Å²) in [6, 6.07) is 6.25. The van der Waals surface area contributed by atoms with Crippen molar-refractivity contribution >= 4 is 6.01 Å². The maximum atomic E-state index is 5.02. The third-order valence-electron chi connectivity index (χ3n) is 1.73. The zero-order valence-corrected chi connectivity index (χ0v) is 8.64. The van der Waals surface area contributed by atoms with Gasteiger partial charge in [0.2, 0.25) is 5.82 Å². The highest BCUT2D eigenvalue weighted by Gasteiger charge is 2.09. The summed E-state index contributed by atoms with van der Waals surface area (Å²) in [5, 5.41) is 6.86. The predicted octanol–water partition coefficient (Wildman–Crippen LogP) is 1.95. The molecule has 0 aromatic carbocycles. The SMILES string of the molecule is CC(C)Nc1nc(-c2ccccn2)no1. The van der Waals surface area contributed by atoms with Crippen LogP contribution in [0.4, 0.5) is 6.01 Å². The van der Waals surface area contributed by atoms with Crippen molar-refractivity contribution in [3.05, 3.63) is 24.4 Å². The highest BCUT2D eigenvalue weighted by Crippen LogP contribution is 2.14. The molecule has 5 heteroatoms. The second kappa shape index (κ2) is 4.08. The van der Waals surface area contributed by atoms with E-state index in [0.29, 0.717) is 17.5 Å². The summed E-state index contributed by atoms with van der Waals surface area (Å²) >= 11 is 0. The van der Waals surface area contributed by atoms with Crippen LogP contribution in [0, 0.1) is 0 Å². The van der Waals surface area contributed by atoms with E-state index in [2.05, 4.69) is 20.4 Å². The molecule has 2 aromatic rings. The summed E-state index contributed by atoms with van der Waals surface area (Å²) in [7, 11) is 0. The molecule has 0 aliphatic heterocycles. The largest absolute Gasteiger partial charge is 0.336 e. The van der Waals surface area contributed by atoms with E-state index in [0.717, 1.165) is 0 Å². The number of nitrogens with one attached hydrogen (secondary N) is 1. The summed E-state index contributed by atoms with van der Waals surface area (Å²) in [5.41, 5.74) is 0.707. The summed E-state index contributed by atoms with van der Waals surface area (Å²) in [5.74, 6) is 0.499. The van der Waals surface area contributed by atoms with Gasteiger partial charge in [-0.25, -0.2) is 0 Å². The van der Waals surface area contributed by atoms with E-state index >= 15 is 0 Å². The molecule has 0 amide bonds. The molecular formula is C10H12N4O. The number of anilines is 1. The van der Waals surface area contributed by atoms with Gasteiger partial charge in [-0.05, 0) is 26.0 Å². The molecule has 5 nitrogen and oxygen atoms in total. The van der Waals surface area contributed by atoms with Crippen LogP contribution in [0.1, 0.15) is 13.8 Å². The van der Waals surface area contributed by atoms with E-state index in [-0.39, 0.29) is 6.04 Å². The normalized spacial score (nSPS) is 10.6. The Labute approximate surface area is 87.5 Å². The van der Waals surface area contributed by atoms with Crippen molar-refractivity contribution in [3.8, 4) is 11.5 Å². The lowest BCUT2D eigenvalue weighted by atomic mass is 10.3. The zero-order valence-electron chi connectivity index (χ0n) is 8.64. The van der Waals surface area contributed by atoms with Crippen molar-refractivity contribution in [2.75, 3.05) is 5.32 Å². The molecular weight excluding hydrogens is 192 g/mol. The van der Waals surface area contributed by atoms with Gasteiger partial charge in [0.05, 0.1) is 0 Å². The van der Waals surface area contributed by atoms with Gasteiger partial charge in [-0.15, -0.1) is 0 Å². The number of pyridine rings is 1. The fourth-order valence-corrected chi connectivity index (χ4v) is 1.13. The summed E-state index contributed by atoms with van der Waals surface area (Å²) in [6.45, 7) is 4.01. The van der Waals surface area contributed by atoms with Crippen molar-refractivity contribution in [3.63, 3.8) is 0 Å². The van der Waals surface area contributed by atoms with Crippen LogP contribution in [0.5, 0.6) is 0 Å². The molecule has 1 N–H and O–H groups in total. The quantitative estimate of drug-likeness (QED) is 0.827. The number of rotatable bonds is 3. The molecule has 78 valence electrons. The molecule has 0 saturated carbocycles. The van der Waals surface area contributed by atoms with Crippen molar-refractivity contribution < 1.29 is 4.52 Å². The van der Waals surface area contributed by atoms with Gasteiger partial charge < -0.3 is 9.84 Å². The topological polar surface area (TPSA) is 63.8 Å². The number of hydrogen-bond donors (Lipinski definition) is 1. The highest BCUT2D eigenvalue weighted by atomic mass is 16.5. The maximum absolute atomic E-state index is 5.02. The van der Waals surface area contributed by atoms with Gasteiger partial charge in [0, 0.05) is 12.2 Å². The van der Waals surface area contributed by atoms with E-state index in [4.69, 9.17) is 4.52 Å². The molecule has 0 spiro atoms. The van der Waals surface area contributed by atoms with Gasteiger partial charge >= 0.3 is 6.01 Å². The molecule has 0 fully saturated rings. The Morgan fingerprint density at radius 1 is 1.33 bits per heavy atom. The van der Waals surface area contributed by atoms with Crippen LogP contribution >= 0.6 is 0 Å². The molecule has 0 atom stereocenters. The van der Waals surface area contributed by atoms with Gasteiger partial charge in [-0.1, -0.05) is 11.2 Å². The lowest BCUT2D eigenvalue weighted by molar-refractivity contribution is 0.429. The molecule has 2 heterocycles. The van der Waals surface area contributed by atoms with Crippen LogP contribution in [0.25, 0.3) is 11.5 Å². The minimum absolute atomic E-state index is 0.266. The minimum atomic E-state index is 0.266. The van der Waals surface area contributed by atoms with Crippen LogP contribution in [0.15, 0.2) is 28.9 Å². The summed E-state index contributed by atoms with van der Waals surface area (Å²) in [6.07, 6.45) is 1.70. The Bertz CT molecular complexity index is 424. The maximum Gasteiger partial charge on any atom is 0.322 e. The van der Waals surface area contributed by atoms with E-state index in [1.165, 1.54) is 0 Å². The average molecular weight is 204 g/mol. The van der Waals surface area contributed by atoms with Crippen molar-refractivity contribution in [2.45, 2.75) is 19.9 Å². The van der Waals surface area contributed by atoms with Crippen molar-refractivity contribution in [1.29, 1.82) is 0 Å². The van der Waals surface area contributed by atoms with Crippen LogP contribution in [-0.4, -0.2) is 21.2 Å². The molecule has 0 aliphatic rings. The van der Waals surface area contributed by atoms with E-state index in [1.807, 2.05) is 32.0 Å². The Kier molecular flexibility index (Phi) is 2.62. The first-order chi connectivity index (χ1) is 7.25. The fourth-order valence-electron chi connectivity index (χ4n) is 1.13. The number of hydrogen-bond acceptors (Lipinski definition) is 5. The van der Waals surface area contributed by atoms with Crippen LogP contribution < -0.4 is 5.32 Å². The molecule has 2 aromatic heterocycles. The minimum Gasteiger partial charge on any atom is -0.336 e. The first-order valence-corrected chi connectivity index (χ1v) is 4.77. The molecule has 0 bridgehead atoms. The molecule has 2 rings (SSSR count). The van der Waals surface area contributed by atoms with Gasteiger partial charge in [0.1, 0.15) is 5.69 Å². The van der Waals surface area contributed by atoms with Gasteiger partial charge in [0.25, 0.3) is 0 Å². The van der Waals surface area contributed by atoms with Crippen LogP contribution in [0.2, 0.25) is 0 Å². The van der Waals surface area contributed by atoms with Gasteiger partial charge in [-0.2, -0.15) is 4.98 Å². The van der Waals surface area contributed by atoms with Crippen molar-refractivity contribution in [2.24, 2.45) is 0 Å². The molecule has 0 aliphatic carbocycles. The highest BCUT2D eigenvalue weighted by molar-refractivity contribution is 5.49.